The summed E-state index contributed by atoms with van der Waals surface area (Å²) in [5, 5.41) is 0. The molecule has 2 heterocycles. The molecule has 7 nitrogen and oxygen atoms in total. The number of hydrogen-bond donors (Lipinski definition) is 1. The molecule has 1 aliphatic heterocycles. The fourth-order valence-corrected chi connectivity index (χ4v) is 4.78. The van der Waals surface area contributed by atoms with Crippen molar-refractivity contribution in [1.29, 1.82) is 0 Å². The van der Waals surface area contributed by atoms with Crippen molar-refractivity contribution in [2.24, 2.45) is 11.1 Å². The topological polar surface area (TPSA) is 82.6 Å². The zero-order chi connectivity index (χ0) is 27.3. The van der Waals surface area contributed by atoms with Crippen LogP contribution in [0.25, 0.3) is 11.3 Å². The lowest BCUT2D eigenvalue weighted by molar-refractivity contribution is -0.0852. The van der Waals surface area contributed by atoms with Gasteiger partial charge in [-0.25, -0.2) is 18.6 Å². The Morgan fingerprint density at radius 3 is 2.66 bits per heavy atom. The van der Waals surface area contributed by atoms with Crippen LogP contribution in [0.3, 0.4) is 0 Å². The summed E-state index contributed by atoms with van der Waals surface area (Å²) in [7, 11) is 0. The summed E-state index contributed by atoms with van der Waals surface area (Å²) in [6.07, 6.45) is 2.63. The van der Waals surface area contributed by atoms with Crippen molar-refractivity contribution in [3.05, 3.63) is 77.8 Å². The summed E-state index contributed by atoms with van der Waals surface area (Å²) in [5.41, 5.74) is 6.67. The second-order valence-corrected chi connectivity index (χ2v) is 10.7. The SMILES string of the molecule is CC(C)(C)[C@H](c1nc(-c2cc(F)ccc2F)cn1Cc1ccccc1)N(CCCN)C(=O)O[C@H]1CCCO1. The van der Waals surface area contributed by atoms with Crippen LogP contribution in [0, 0.1) is 17.0 Å². The maximum Gasteiger partial charge on any atom is 0.412 e. The highest BCUT2D eigenvalue weighted by Gasteiger charge is 2.40. The maximum absolute atomic E-state index is 14.8. The van der Waals surface area contributed by atoms with E-state index in [-0.39, 0.29) is 11.3 Å². The van der Waals surface area contributed by atoms with Crippen molar-refractivity contribution in [3.8, 4) is 11.3 Å². The van der Waals surface area contributed by atoms with Crippen molar-refractivity contribution >= 4 is 6.09 Å². The molecule has 3 aromatic rings. The molecule has 0 bridgehead atoms. The third-order valence-electron chi connectivity index (χ3n) is 6.54. The molecule has 2 N–H and O–H groups in total. The van der Waals surface area contributed by atoms with E-state index in [2.05, 4.69) is 0 Å². The van der Waals surface area contributed by atoms with E-state index in [1.165, 1.54) is 0 Å². The molecule has 38 heavy (non-hydrogen) atoms. The molecule has 1 amide bonds. The second-order valence-electron chi connectivity index (χ2n) is 10.7. The molecule has 1 aliphatic rings. The van der Waals surface area contributed by atoms with E-state index < -0.39 is 35.5 Å². The summed E-state index contributed by atoms with van der Waals surface area (Å²) < 4.78 is 42.1. The van der Waals surface area contributed by atoms with Gasteiger partial charge in [0.15, 0.2) is 0 Å². The number of benzene rings is 2. The Morgan fingerprint density at radius 2 is 2.00 bits per heavy atom. The van der Waals surface area contributed by atoms with Gasteiger partial charge in [0, 0.05) is 31.3 Å². The number of aromatic nitrogens is 2. The van der Waals surface area contributed by atoms with Crippen LogP contribution in [0.15, 0.2) is 54.7 Å². The lowest BCUT2D eigenvalue weighted by Gasteiger charge is -2.39. The van der Waals surface area contributed by atoms with Gasteiger partial charge in [-0.2, -0.15) is 0 Å². The second kappa shape index (κ2) is 12.0. The molecular weight excluding hydrogens is 490 g/mol. The quantitative estimate of drug-likeness (QED) is 0.376. The van der Waals surface area contributed by atoms with Crippen molar-refractivity contribution in [1.82, 2.24) is 14.5 Å². The predicted octanol–water partition coefficient (Wildman–Crippen LogP) is 5.89. The van der Waals surface area contributed by atoms with E-state index >= 15 is 0 Å². The van der Waals surface area contributed by atoms with Gasteiger partial charge < -0.3 is 19.8 Å². The first kappa shape index (κ1) is 27.7. The fraction of sp³-hybridized carbons (Fsp3) is 0.448. The van der Waals surface area contributed by atoms with E-state index in [0.717, 1.165) is 30.2 Å². The molecular formula is C29H36F2N4O3. The summed E-state index contributed by atoms with van der Waals surface area (Å²) in [4.78, 5) is 20.0. The number of halogens is 2. The van der Waals surface area contributed by atoms with E-state index in [1.54, 1.807) is 11.1 Å². The molecule has 0 radical (unpaired) electrons. The normalized spacial score (nSPS) is 16.4. The largest absolute Gasteiger partial charge is 0.419 e. The van der Waals surface area contributed by atoms with Crippen LogP contribution in [0.4, 0.5) is 13.6 Å². The van der Waals surface area contributed by atoms with E-state index in [1.807, 2.05) is 55.7 Å². The van der Waals surface area contributed by atoms with Gasteiger partial charge in [0.25, 0.3) is 0 Å². The molecule has 4 rings (SSSR count). The highest BCUT2D eigenvalue weighted by molar-refractivity contribution is 5.69. The minimum Gasteiger partial charge on any atom is -0.419 e. The molecule has 0 aliphatic carbocycles. The Bertz CT molecular complexity index is 1220. The van der Waals surface area contributed by atoms with Crippen LogP contribution in [0.1, 0.15) is 57.5 Å². The summed E-state index contributed by atoms with van der Waals surface area (Å²) >= 11 is 0. The molecule has 1 fully saturated rings. The van der Waals surface area contributed by atoms with Gasteiger partial charge in [-0.1, -0.05) is 51.1 Å². The van der Waals surface area contributed by atoms with Crippen LogP contribution >= 0.6 is 0 Å². The molecule has 2 aromatic carbocycles. The van der Waals surface area contributed by atoms with Gasteiger partial charge in [-0.3, -0.25) is 4.90 Å². The molecule has 0 unspecified atom stereocenters. The van der Waals surface area contributed by atoms with Gasteiger partial charge in [0.2, 0.25) is 6.29 Å². The van der Waals surface area contributed by atoms with Crippen molar-refractivity contribution in [2.75, 3.05) is 19.7 Å². The zero-order valence-corrected chi connectivity index (χ0v) is 22.2. The van der Waals surface area contributed by atoms with Crippen LogP contribution in [-0.2, 0) is 16.0 Å². The monoisotopic (exact) mass is 526 g/mol. The average Bonchev–Trinajstić information content (AvgIpc) is 3.53. The first-order valence-electron chi connectivity index (χ1n) is 13.0. The Morgan fingerprint density at radius 1 is 1.24 bits per heavy atom. The highest BCUT2D eigenvalue weighted by atomic mass is 19.1. The lowest BCUT2D eigenvalue weighted by atomic mass is 9.84. The number of rotatable bonds is 9. The molecule has 2 atom stereocenters. The molecule has 0 spiro atoms. The van der Waals surface area contributed by atoms with E-state index in [0.29, 0.717) is 44.9 Å². The molecule has 1 saturated heterocycles. The lowest BCUT2D eigenvalue weighted by Crippen LogP contribution is -2.44. The van der Waals surface area contributed by atoms with Gasteiger partial charge >= 0.3 is 6.09 Å². The van der Waals surface area contributed by atoms with Crippen molar-refractivity contribution in [3.63, 3.8) is 0 Å². The molecule has 204 valence electrons. The van der Waals surface area contributed by atoms with Crippen molar-refractivity contribution in [2.45, 2.75) is 58.9 Å². The van der Waals surface area contributed by atoms with Crippen LogP contribution in [0.2, 0.25) is 0 Å². The number of carbonyl (C=O) groups is 1. The Kier molecular flexibility index (Phi) is 8.79. The van der Waals surface area contributed by atoms with Crippen LogP contribution in [0.5, 0.6) is 0 Å². The summed E-state index contributed by atoms with van der Waals surface area (Å²) in [6.45, 7) is 7.74. The van der Waals surface area contributed by atoms with Gasteiger partial charge in [0.1, 0.15) is 17.5 Å². The summed E-state index contributed by atoms with van der Waals surface area (Å²) in [6, 6.07) is 12.5. The smallest absolute Gasteiger partial charge is 0.412 e. The maximum atomic E-state index is 14.8. The van der Waals surface area contributed by atoms with Gasteiger partial charge in [0.05, 0.1) is 18.3 Å². The zero-order valence-electron chi connectivity index (χ0n) is 22.2. The minimum atomic E-state index is -0.593. The number of carbonyl (C=O) groups excluding carboxylic acids is 1. The number of ether oxygens (including phenoxy) is 2. The van der Waals surface area contributed by atoms with Crippen LogP contribution in [-0.4, -0.2) is 46.5 Å². The first-order chi connectivity index (χ1) is 18.2. The third kappa shape index (κ3) is 6.57. The highest BCUT2D eigenvalue weighted by Crippen LogP contribution is 2.40. The third-order valence-corrected chi connectivity index (χ3v) is 6.54. The number of nitrogens with two attached hydrogens (primary N) is 1. The molecule has 9 heteroatoms. The number of hydrogen-bond acceptors (Lipinski definition) is 5. The first-order valence-corrected chi connectivity index (χ1v) is 13.0. The fourth-order valence-electron chi connectivity index (χ4n) is 4.78. The number of imidazole rings is 1. The average molecular weight is 527 g/mol. The van der Waals surface area contributed by atoms with Crippen LogP contribution < -0.4 is 5.73 Å². The van der Waals surface area contributed by atoms with E-state index in [9.17, 15) is 13.6 Å². The van der Waals surface area contributed by atoms with Crippen molar-refractivity contribution < 1.29 is 23.0 Å². The summed E-state index contributed by atoms with van der Waals surface area (Å²) in [5.74, 6) is -0.591. The molecule has 0 saturated carbocycles. The predicted molar refractivity (Wildman–Crippen MR) is 141 cm³/mol. The molecule has 1 aromatic heterocycles. The standard InChI is InChI=1S/C29H36F2N4O3/c1-29(2,3)26(35(15-8-14-32)28(36)38-25-11-7-16-37-25)27-33-24(22-17-21(30)12-13-23(22)31)19-34(27)18-20-9-5-4-6-10-20/h4-6,9-10,12-13,17,19,25-26H,7-8,11,14-16,18,32H2,1-3H3/t25-,26-/m0/s1. The Balaban J connectivity index is 1.82. The van der Waals surface area contributed by atoms with E-state index in [4.69, 9.17) is 20.2 Å². The number of nitrogens with zero attached hydrogens (tertiary/aromatic N) is 3. The minimum absolute atomic E-state index is 0.0566. The Hall–Kier alpha value is -3.30. The number of amides is 1. The Labute approximate surface area is 222 Å². The van der Waals surface area contributed by atoms with Gasteiger partial charge in [-0.15, -0.1) is 0 Å². The van der Waals surface area contributed by atoms with Gasteiger partial charge in [-0.05, 0) is 48.6 Å².